The van der Waals surface area contributed by atoms with Crippen molar-refractivity contribution in [2.24, 2.45) is 0 Å². The van der Waals surface area contributed by atoms with Crippen LogP contribution in [0.3, 0.4) is 0 Å². The Morgan fingerprint density at radius 3 is 0.857 bits per heavy atom. The van der Waals surface area contributed by atoms with E-state index in [9.17, 15) is 9.59 Å². The molecule has 200 valence electrons. The van der Waals surface area contributed by atoms with Gasteiger partial charge in [-0.15, -0.1) is 0 Å². The highest BCUT2D eigenvalue weighted by Gasteiger charge is 2.32. The van der Waals surface area contributed by atoms with Gasteiger partial charge >= 0.3 is 0 Å². The van der Waals surface area contributed by atoms with E-state index in [1.165, 1.54) is 0 Å². The third-order valence-electron chi connectivity index (χ3n) is 7.57. The van der Waals surface area contributed by atoms with Crippen molar-refractivity contribution < 1.29 is 9.59 Å². The van der Waals surface area contributed by atoms with Crippen molar-refractivity contribution in [3.8, 4) is 11.1 Å². The van der Waals surface area contributed by atoms with Crippen molar-refractivity contribution in [3.05, 3.63) is 169 Å². The smallest absolute Gasteiger partial charge is 0.234 e. The van der Waals surface area contributed by atoms with Gasteiger partial charge in [0, 0.05) is 45.3 Å². The van der Waals surface area contributed by atoms with Gasteiger partial charge in [-0.2, -0.15) is 0 Å². The molecule has 0 amide bonds. The number of ketones is 2. The SMILES string of the molecule is O=C1C(=O)c2cc(N(c3ccccc3)c3ccccc3)ccc2-c2ccc(N(c3ccccc3)c3ccccc3)cc21. The molecule has 0 spiro atoms. The van der Waals surface area contributed by atoms with Crippen LogP contribution in [-0.4, -0.2) is 11.6 Å². The van der Waals surface area contributed by atoms with Gasteiger partial charge in [0.25, 0.3) is 0 Å². The van der Waals surface area contributed by atoms with E-state index in [4.69, 9.17) is 0 Å². The Labute approximate surface area is 244 Å². The van der Waals surface area contributed by atoms with Crippen LogP contribution in [0.2, 0.25) is 0 Å². The van der Waals surface area contributed by atoms with Crippen LogP contribution in [0.25, 0.3) is 11.1 Å². The lowest BCUT2D eigenvalue weighted by Gasteiger charge is -2.28. The minimum atomic E-state index is -0.497. The molecule has 0 fully saturated rings. The van der Waals surface area contributed by atoms with E-state index in [2.05, 4.69) is 9.80 Å². The van der Waals surface area contributed by atoms with Gasteiger partial charge in [-0.1, -0.05) is 84.9 Å². The lowest BCUT2D eigenvalue weighted by atomic mass is 9.83. The number of carbonyl (C=O) groups excluding carboxylic acids is 2. The maximum atomic E-state index is 13.7. The molecule has 0 saturated carbocycles. The first-order valence-corrected chi connectivity index (χ1v) is 13.9. The molecule has 0 heterocycles. The zero-order valence-corrected chi connectivity index (χ0v) is 22.7. The molecular weight excluding hydrogens is 516 g/mol. The van der Waals surface area contributed by atoms with Crippen LogP contribution < -0.4 is 9.80 Å². The van der Waals surface area contributed by atoms with Crippen molar-refractivity contribution in [3.63, 3.8) is 0 Å². The van der Waals surface area contributed by atoms with Crippen molar-refractivity contribution in [2.75, 3.05) is 9.80 Å². The average Bonchev–Trinajstić information content (AvgIpc) is 3.06. The van der Waals surface area contributed by atoms with Crippen molar-refractivity contribution >= 4 is 45.7 Å². The second-order valence-electron chi connectivity index (χ2n) is 10.1. The van der Waals surface area contributed by atoms with Gasteiger partial charge in [0.15, 0.2) is 0 Å². The largest absolute Gasteiger partial charge is 0.310 e. The fourth-order valence-electron chi connectivity index (χ4n) is 5.64. The zero-order valence-electron chi connectivity index (χ0n) is 22.7. The Hall–Kier alpha value is -5.74. The van der Waals surface area contributed by atoms with Crippen molar-refractivity contribution in [2.45, 2.75) is 0 Å². The number of fused-ring (bicyclic) bond motifs is 3. The number of anilines is 6. The number of nitrogens with zero attached hydrogens (tertiary/aromatic N) is 2. The molecule has 0 atom stereocenters. The van der Waals surface area contributed by atoms with Gasteiger partial charge in [0.1, 0.15) is 0 Å². The van der Waals surface area contributed by atoms with E-state index in [0.717, 1.165) is 45.3 Å². The molecular formula is C38H26N2O2. The van der Waals surface area contributed by atoms with Crippen LogP contribution in [0.15, 0.2) is 158 Å². The van der Waals surface area contributed by atoms with E-state index in [1.807, 2.05) is 158 Å². The monoisotopic (exact) mass is 542 g/mol. The van der Waals surface area contributed by atoms with Gasteiger partial charge in [-0.3, -0.25) is 9.59 Å². The van der Waals surface area contributed by atoms with Crippen LogP contribution >= 0.6 is 0 Å². The summed E-state index contributed by atoms with van der Waals surface area (Å²) in [6, 6.07) is 51.7. The molecule has 6 aromatic carbocycles. The molecule has 0 unspecified atom stereocenters. The van der Waals surface area contributed by atoms with Crippen LogP contribution in [0.5, 0.6) is 0 Å². The molecule has 42 heavy (non-hydrogen) atoms. The van der Waals surface area contributed by atoms with E-state index in [1.54, 1.807) is 0 Å². The van der Waals surface area contributed by atoms with Gasteiger partial charge in [0.05, 0.1) is 0 Å². The van der Waals surface area contributed by atoms with E-state index in [0.29, 0.717) is 11.1 Å². The molecule has 1 aliphatic rings. The highest BCUT2D eigenvalue weighted by Crippen LogP contribution is 2.42. The van der Waals surface area contributed by atoms with Crippen molar-refractivity contribution in [1.29, 1.82) is 0 Å². The number of para-hydroxylation sites is 4. The topological polar surface area (TPSA) is 40.6 Å². The summed E-state index contributed by atoms with van der Waals surface area (Å²) in [5, 5.41) is 0. The molecule has 0 aromatic heterocycles. The Bertz CT molecular complexity index is 1680. The van der Waals surface area contributed by atoms with Crippen LogP contribution in [0.1, 0.15) is 20.7 Å². The number of hydrogen-bond acceptors (Lipinski definition) is 4. The third kappa shape index (κ3) is 4.45. The lowest BCUT2D eigenvalue weighted by molar-refractivity contribution is 0.0815. The highest BCUT2D eigenvalue weighted by molar-refractivity contribution is 6.53. The summed E-state index contributed by atoms with van der Waals surface area (Å²) in [5.74, 6) is -0.993. The fourth-order valence-corrected chi connectivity index (χ4v) is 5.64. The van der Waals surface area contributed by atoms with Crippen molar-refractivity contribution in [1.82, 2.24) is 0 Å². The Balaban J connectivity index is 1.34. The first-order chi connectivity index (χ1) is 20.7. The number of carbonyl (C=O) groups is 2. The second kappa shape index (κ2) is 10.7. The molecule has 0 N–H and O–H groups in total. The predicted octanol–water partition coefficient (Wildman–Crippen LogP) is 9.67. The summed E-state index contributed by atoms with van der Waals surface area (Å²) < 4.78 is 0. The maximum Gasteiger partial charge on any atom is 0.234 e. The summed E-state index contributed by atoms with van der Waals surface area (Å²) >= 11 is 0. The maximum absolute atomic E-state index is 13.7. The Morgan fingerprint density at radius 1 is 0.286 bits per heavy atom. The summed E-state index contributed by atoms with van der Waals surface area (Å²) in [5.41, 5.74) is 7.83. The quantitative estimate of drug-likeness (QED) is 0.197. The standard InChI is InChI=1S/C38H26N2O2/c41-37-35-25-31(39(27-13-5-1-6-14-27)28-15-7-2-8-16-28)21-23-33(35)34-24-22-32(26-36(34)38(37)42)40(29-17-9-3-10-18-29)30-19-11-4-12-20-30/h1-26H. The summed E-state index contributed by atoms with van der Waals surface area (Å²) in [6.45, 7) is 0. The highest BCUT2D eigenvalue weighted by atomic mass is 16.2. The average molecular weight is 543 g/mol. The molecule has 7 rings (SSSR count). The summed E-state index contributed by atoms with van der Waals surface area (Å²) in [6.07, 6.45) is 0. The normalized spacial score (nSPS) is 11.9. The van der Waals surface area contributed by atoms with Gasteiger partial charge in [-0.25, -0.2) is 0 Å². The summed E-state index contributed by atoms with van der Waals surface area (Å²) in [4.78, 5) is 31.5. The first-order valence-electron chi connectivity index (χ1n) is 13.9. The number of rotatable bonds is 6. The summed E-state index contributed by atoms with van der Waals surface area (Å²) in [7, 11) is 0. The minimum Gasteiger partial charge on any atom is -0.310 e. The first kappa shape index (κ1) is 25.2. The minimum absolute atomic E-state index is 0.414. The Kier molecular flexibility index (Phi) is 6.42. The van der Waals surface area contributed by atoms with Crippen LogP contribution in [0, 0.1) is 0 Å². The molecule has 0 radical (unpaired) electrons. The molecule has 0 bridgehead atoms. The zero-order chi connectivity index (χ0) is 28.5. The Morgan fingerprint density at radius 2 is 0.571 bits per heavy atom. The number of benzene rings is 6. The predicted molar refractivity (Wildman–Crippen MR) is 170 cm³/mol. The third-order valence-corrected chi connectivity index (χ3v) is 7.57. The molecule has 0 aliphatic heterocycles. The number of hydrogen-bond donors (Lipinski definition) is 0. The lowest BCUT2D eigenvalue weighted by Crippen LogP contribution is -2.22. The molecule has 4 heteroatoms. The molecule has 6 aromatic rings. The second-order valence-corrected chi connectivity index (χ2v) is 10.1. The van der Waals surface area contributed by atoms with E-state index >= 15 is 0 Å². The van der Waals surface area contributed by atoms with Gasteiger partial charge in [-0.05, 0) is 83.9 Å². The van der Waals surface area contributed by atoms with E-state index < -0.39 is 11.6 Å². The fraction of sp³-hybridized carbons (Fsp3) is 0. The molecule has 4 nitrogen and oxygen atoms in total. The van der Waals surface area contributed by atoms with Crippen LogP contribution in [-0.2, 0) is 0 Å². The molecule has 0 saturated heterocycles. The number of Topliss-reactive ketones (excluding diaryl/α,β-unsaturated/α-hetero) is 2. The van der Waals surface area contributed by atoms with Gasteiger partial charge in [0.2, 0.25) is 11.6 Å². The van der Waals surface area contributed by atoms with Crippen LogP contribution in [0.4, 0.5) is 34.1 Å². The van der Waals surface area contributed by atoms with Gasteiger partial charge < -0.3 is 9.80 Å². The van der Waals surface area contributed by atoms with E-state index in [-0.39, 0.29) is 0 Å². The molecule has 1 aliphatic carbocycles.